The van der Waals surface area contributed by atoms with Gasteiger partial charge in [-0.3, -0.25) is 4.98 Å². The highest BCUT2D eigenvalue weighted by molar-refractivity contribution is 5.80. The summed E-state index contributed by atoms with van der Waals surface area (Å²) in [6.07, 6.45) is 3.90. The van der Waals surface area contributed by atoms with Crippen LogP contribution in [0.1, 0.15) is 25.0 Å². The highest BCUT2D eigenvalue weighted by atomic mass is 19.1. The van der Waals surface area contributed by atoms with Gasteiger partial charge < -0.3 is 19.7 Å². The molecule has 2 aromatic heterocycles. The quantitative estimate of drug-likeness (QED) is 0.645. The van der Waals surface area contributed by atoms with E-state index in [-0.39, 0.29) is 17.9 Å². The second kappa shape index (κ2) is 8.82. The Morgan fingerprint density at radius 2 is 1.94 bits per heavy atom. The fraction of sp³-hybridized carbons (Fsp3) is 0.435. The van der Waals surface area contributed by atoms with Gasteiger partial charge in [0.2, 0.25) is 0 Å². The van der Waals surface area contributed by atoms with Crippen molar-refractivity contribution >= 4 is 22.7 Å². The van der Waals surface area contributed by atoms with Gasteiger partial charge in [0.15, 0.2) is 23.2 Å². The van der Waals surface area contributed by atoms with Crippen molar-refractivity contribution in [1.29, 1.82) is 0 Å². The third kappa shape index (κ3) is 4.43. The standard InChI is InChI=1S/C23H25F2N5O2/c1-14-10-19-20(12-26-14)28-22(27-16-6-9-31-13-16)23(29-19)30-7-4-17(5-8-30)32-21-3-2-15(24)11-18(21)25/h2-3,10-12,16-17H,4-9,13H2,1H3,(H,27,28)/t16-/m1/s1. The van der Waals surface area contributed by atoms with Crippen LogP contribution < -0.4 is 15.0 Å². The first kappa shape index (κ1) is 20.8. The van der Waals surface area contributed by atoms with Crippen LogP contribution in [0, 0.1) is 18.6 Å². The Kier molecular flexibility index (Phi) is 5.73. The van der Waals surface area contributed by atoms with Gasteiger partial charge in [0.1, 0.15) is 17.4 Å². The molecule has 0 radical (unpaired) electrons. The first-order valence-electron chi connectivity index (χ1n) is 10.9. The smallest absolute Gasteiger partial charge is 0.172 e. The van der Waals surface area contributed by atoms with E-state index in [2.05, 4.69) is 15.2 Å². The molecule has 5 rings (SSSR count). The van der Waals surface area contributed by atoms with Crippen LogP contribution >= 0.6 is 0 Å². The van der Waals surface area contributed by atoms with Crippen molar-refractivity contribution in [2.45, 2.75) is 38.3 Å². The monoisotopic (exact) mass is 441 g/mol. The van der Waals surface area contributed by atoms with E-state index in [0.717, 1.165) is 47.5 Å². The Labute approximate surface area is 184 Å². The minimum atomic E-state index is -0.679. The first-order valence-corrected chi connectivity index (χ1v) is 10.9. The summed E-state index contributed by atoms with van der Waals surface area (Å²) >= 11 is 0. The topological polar surface area (TPSA) is 72.4 Å². The zero-order chi connectivity index (χ0) is 22.1. The highest BCUT2D eigenvalue weighted by Crippen LogP contribution is 2.30. The third-order valence-corrected chi connectivity index (χ3v) is 5.87. The van der Waals surface area contributed by atoms with E-state index in [1.54, 1.807) is 6.20 Å². The molecule has 0 bridgehead atoms. The molecule has 0 unspecified atom stereocenters. The number of halogens is 2. The van der Waals surface area contributed by atoms with E-state index in [1.807, 2.05) is 13.0 Å². The molecule has 1 aromatic carbocycles. The number of hydrogen-bond donors (Lipinski definition) is 1. The molecule has 32 heavy (non-hydrogen) atoms. The fourth-order valence-electron chi connectivity index (χ4n) is 4.15. The Balaban J connectivity index is 1.35. The van der Waals surface area contributed by atoms with E-state index >= 15 is 0 Å². The van der Waals surface area contributed by atoms with Gasteiger partial charge in [-0.25, -0.2) is 18.7 Å². The first-order chi connectivity index (χ1) is 15.5. The zero-order valence-corrected chi connectivity index (χ0v) is 17.9. The number of ether oxygens (including phenoxy) is 2. The zero-order valence-electron chi connectivity index (χ0n) is 17.9. The van der Waals surface area contributed by atoms with Crippen LogP contribution in [0.5, 0.6) is 5.75 Å². The SMILES string of the molecule is Cc1cc2nc(N3CCC(Oc4ccc(F)cc4F)CC3)c(N[C@@H]3CCOC3)nc2cn1. The van der Waals surface area contributed by atoms with E-state index < -0.39 is 11.6 Å². The van der Waals surface area contributed by atoms with Crippen molar-refractivity contribution in [3.63, 3.8) is 0 Å². The molecule has 2 aliphatic rings. The molecule has 2 aliphatic heterocycles. The average molecular weight is 441 g/mol. The molecule has 0 aliphatic carbocycles. The molecule has 2 fully saturated rings. The number of nitrogens with one attached hydrogen (secondary N) is 1. The van der Waals surface area contributed by atoms with Crippen LogP contribution in [0.15, 0.2) is 30.5 Å². The second-order valence-electron chi connectivity index (χ2n) is 8.29. The fourth-order valence-corrected chi connectivity index (χ4v) is 4.15. The van der Waals surface area contributed by atoms with Gasteiger partial charge in [0.05, 0.1) is 24.4 Å². The lowest BCUT2D eigenvalue weighted by atomic mass is 10.1. The minimum absolute atomic E-state index is 0.0851. The number of nitrogens with zero attached hydrogens (tertiary/aromatic N) is 4. The molecule has 0 saturated carbocycles. The lowest BCUT2D eigenvalue weighted by molar-refractivity contribution is 0.163. The predicted molar refractivity (Wildman–Crippen MR) is 117 cm³/mol. The van der Waals surface area contributed by atoms with Crippen molar-refractivity contribution in [1.82, 2.24) is 15.0 Å². The van der Waals surface area contributed by atoms with Gasteiger partial charge in [0, 0.05) is 44.3 Å². The van der Waals surface area contributed by atoms with Crippen molar-refractivity contribution in [2.24, 2.45) is 0 Å². The van der Waals surface area contributed by atoms with Crippen LogP contribution in [0.25, 0.3) is 11.0 Å². The van der Waals surface area contributed by atoms with Crippen molar-refractivity contribution < 1.29 is 18.3 Å². The number of aromatic nitrogens is 3. The summed E-state index contributed by atoms with van der Waals surface area (Å²) < 4.78 is 38.4. The maximum atomic E-state index is 14.0. The molecule has 3 aromatic rings. The van der Waals surface area contributed by atoms with Crippen molar-refractivity contribution in [2.75, 3.05) is 36.5 Å². The Morgan fingerprint density at radius 1 is 1.09 bits per heavy atom. The number of benzene rings is 1. The largest absolute Gasteiger partial charge is 0.487 e. The van der Waals surface area contributed by atoms with Crippen LogP contribution in [0.4, 0.5) is 20.4 Å². The predicted octanol–water partition coefficient (Wildman–Crippen LogP) is 3.86. The molecule has 4 heterocycles. The van der Waals surface area contributed by atoms with E-state index in [0.29, 0.717) is 32.5 Å². The van der Waals surface area contributed by atoms with E-state index in [9.17, 15) is 8.78 Å². The lowest BCUT2D eigenvalue weighted by Gasteiger charge is -2.34. The molecule has 1 N–H and O–H groups in total. The summed E-state index contributed by atoms with van der Waals surface area (Å²) in [5, 5.41) is 3.49. The Hall–Kier alpha value is -3.07. The molecule has 7 nitrogen and oxygen atoms in total. The summed E-state index contributed by atoms with van der Waals surface area (Å²) in [4.78, 5) is 16.3. The maximum Gasteiger partial charge on any atom is 0.172 e. The van der Waals surface area contributed by atoms with Gasteiger partial charge in [-0.05, 0) is 31.5 Å². The Morgan fingerprint density at radius 3 is 2.69 bits per heavy atom. The summed E-state index contributed by atoms with van der Waals surface area (Å²) in [5.74, 6) is 0.311. The van der Waals surface area contributed by atoms with Gasteiger partial charge in [-0.2, -0.15) is 0 Å². The molecular weight excluding hydrogens is 416 g/mol. The number of aryl methyl sites for hydroxylation is 1. The van der Waals surface area contributed by atoms with Crippen molar-refractivity contribution in [3.8, 4) is 5.75 Å². The van der Waals surface area contributed by atoms with Gasteiger partial charge in [-0.15, -0.1) is 0 Å². The van der Waals surface area contributed by atoms with Crippen LogP contribution in [0.2, 0.25) is 0 Å². The summed E-state index contributed by atoms with van der Waals surface area (Å²) in [6, 6.07) is 5.52. The Bertz CT molecular complexity index is 1110. The average Bonchev–Trinajstić information content (AvgIpc) is 3.29. The number of rotatable bonds is 5. The number of anilines is 2. The van der Waals surface area contributed by atoms with Gasteiger partial charge in [-0.1, -0.05) is 0 Å². The lowest BCUT2D eigenvalue weighted by Crippen LogP contribution is -2.39. The number of hydrogen-bond acceptors (Lipinski definition) is 7. The van der Waals surface area contributed by atoms with Crippen molar-refractivity contribution in [3.05, 3.63) is 47.8 Å². The van der Waals surface area contributed by atoms with Gasteiger partial charge >= 0.3 is 0 Å². The summed E-state index contributed by atoms with van der Waals surface area (Å²) in [5.41, 5.74) is 2.43. The second-order valence-corrected chi connectivity index (χ2v) is 8.29. The van der Waals surface area contributed by atoms with Crippen LogP contribution in [0.3, 0.4) is 0 Å². The van der Waals surface area contributed by atoms with Gasteiger partial charge in [0.25, 0.3) is 0 Å². The maximum absolute atomic E-state index is 14.0. The molecule has 168 valence electrons. The molecule has 0 spiro atoms. The molecule has 9 heteroatoms. The number of pyridine rings is 1. The molecule has 0 amide bonds. The van der Waals surface area contributed by atoms with Crippen LogP contribution in [-0.4, -0.2) is 53.4 Å². The third-order valence-electron chi connectivity index (χ3n) is 5.87. The molecular formula is C23H25F2N5O2. The van der Waals surface area contributed by atoms with E-state index in [4.69, 9.17) is 19.4 Å². The summed E-state index contributed by atoms with van der Waals surface area (Å²) in [6.45, 7) is 4.68. The van der Waals surface area contributed by atoms with Crippen LogP contribution in [-0.2, 0) is 4.74 Å². The molecule has 1 atom stereocenters. The normalized spacial score (nSPS) is 19.5. The molecule has 2 saturated heterocycles. The van der Waals surface area contributed by atoms with E-state index in [1.165, 1.54) is 12.1 Å². The number of piperidine rings is 1. The minimum Gasteiger partial charge on any atom is -0.487 e. The summed E-state index contributed by atoms with van der Waals surface area (Å²) in [7, 11) is 0. The number of fused-ring (bicyclic) bond motifs is 1. The highest BCUT2D eigenvalue weighted by Gasteiger charge is 2.26.